The third-order valence-corrected chi connectivity index (χ3v) is 5.80. The van der Waals surface area contributed by atoms with E-state index in [4.69, 9.17) is 0 Å². The second-order valence-electron chi connectivity index (χ2n) is 7.87. The number of carbonyl (C=O) groups is 1. The van der Waals surface area contributed by atoms with Crippen molar-refractivity contribution in [2.75, 3.05) is 5.32 Å². The number of carbonyl (C=O) groups excluding carboxylic acids is 1. The zero-order valence-electron chi connectivity index (χ0n) is 15.9. The lowest BCUT2D eigenvalue weighted by molar-refractivity contribution is -0.127. The number of fused-ring (bicyclic) bond motifs is 1. The number of aromatic nitrogens is 1. The standard InChI is InChI=1S/C24H26N2O/c1-18-9-11-19(12-10-18)16-24(13-5-2-6-14-24)23(27)26-21-15-20-7-3-4-8-22(20)25-17-21/h3-4,7-12,15,17H,2,5-6,13-14,16H2,1H3,(H,26,27). The number of nitrogens with zero attached hydrogens (tertiary/aromatic N) is 1. The Morgan fingerprint density at radius 1 is 1.04 bits per heavy atom. The van der Waals surface area contributed by atoms with Crippen LogP contribution >= 0.6 is 0 Å². The first-order valence-electron chi connectivity index (χ1n) is 9.86. The number of amides is 1. The van der Waals surface area contributed by atoms with Gasteiger partial charge in [-0.15, -0.1) is 0 Å². The van der Waals surface area contributed by atoms with Crippen molar-refractivity contribution in [1.29, 1.82) is 0 Å². The molecule has 2 aromatic carbocycles. The van der Waals surface area contributed by atoms with Crippen LogP contribution in [0.4, 0.5) is 5.69 Å². The van der Waals surface area contributed by atoms with Crippen molar-refractivity contribution in [2.45, 2.75) is 45.4 Å². The average Bonchev–Trinajstić information content (AvgIpc) is 2.70. The van der Waals surface area contributed by atoms with Crippen LogP contribution in [0.1, 0.15) is 43.2 Å². The van der Waals surface area contributed by atoms with Gasteiger partial charge in [-0.2, -0.15) is 0 Å². The number of hydrogen-bond donors (Lipinski definition) is 1. The number of nitrogens with one attached hydrogen (secondary N) is 1. The summed E-state index contributed by atoms with van der Waals surface area (Å²) in [6.45, 7) is 2.10. The first kappa shape index (κ1) is 17.7. The molecule has 1 amide bonds. The maximum Gasteiger partial charge on any atom is 0.230 e. The molecule has 3 heteroatoms. The predicted octanol–water partition coefficient (Wildman–Crippen LogP) is 5.67. The van der Waals surface area contributed by atoms with E-state index in [0.29, 0.717) is 0 Å². The fraction of sp³-hybridized carbons (Fsp3) is 0.333. The number of aryl methyl sites for hydroxylation is 1. The summed E-state index contributed by atoms with van der Waals surface area (Å²) in [5.74, 6) is 0.139. The highest BCUT2D eigenvalue weighted by Crippen LogP contribution is 2.40. The van der Waals surface area contributed by atoms with Gasteiger partial charge in [0.25, 0.3) is 0 Å². The third-order valence-electron chi connectivity index (χ3n) is 5.80. The summed E-state index contributed by atoms with van der Waals surface area (Å²) in [4.78, 5) is 17.8. The number of hydrogen-bond acceptors (Lipinski definition) is 2. The number of benzene rings is 2. The molecule has 1 aromatic heterocycles. The van der Waals surface area contributed by atoms with E-state index < -0.39 is 0 Å². The molecule has 1 N–H and O–H groups in total. The van der Waals surface area contributed by atoms with Crippen molar-refractivity contribution in [2.24, 2.45) is 5.41 Å². The summed E-state index contributed by atoms with van der Waals surface area (Å²) in [7, 11) is 0. The molecule has 138 valence electrons. The molecule has 0 radical (unpaired) electrons. The van der Waals surface area contributed by atoms with Gasteiger partial charge in [-0.3, -0.25) is 9.78 Å². The van der Waals surface area contributed by atoms with Crippen LogP contribution in [0.15, 0.2) is 60.8 Å². The van der Waals surface area contributed by atoms with Gasteiger partial charge in [0.2, 0.25) is 5.91 Å². The molecule has 3 nitrogen and oxygen atoms in total. The van der Waals surface area contributed by atoms with E-state index in [2.05, 4.69) is 41.5 Å². The molecule has 0 saturated heterocycles. The van der Waals surface area contributed by atoms with Crippen LogP contribution in [0.5, 0.6) is 0 Å². The Morgan fingerprint density at radius 3 is 2.56 bits per heavy atom. The quantitative estimate of drug-likeness (QED) is 0.652. The largest absolute Gasteiger partial charge is 0.324 e. The van der Waals surface area contributed by atoms with Gasteiger partial charge in [-0.25, -0.2) is 0 Å². The highest BCUT2D eigenvalue weighted by molar-refractivity contribution is 5.97. The van der Waals surface area contributed by atoms with Gasteiger partial charge < -0.3 is 5.32 Å². The fourth-order valence-corrected chi connectivity index (χ4v) is 4.21. The Morgan fingerprint density at radius 2 is 1.78 bits per heavy atom. The van der Waals surface area contributed by atoms with E-state index in [9.17, 15) is 4.79 Å². The summed E-state index contributed by atoms with van der Waals surface area (Å²) in [6, 6.07) is 18.6. The average molecular weight is 358 g/mol. The molecule has 4 rings (SSSR count). The van der Waals surface area contributed by atoms with Crippen molar-refractivity contribution in [1.82, 2.24) is 4.98 Å². The van der Waals surface area contributed by atoms with Crippen molar-refractivity contribution < 1.29 is 4.79 Å². The molecule has 1 heterocycles. The minimum Gasteiger partial charge on any atom is -0.324 e. The molecular formula is C24H26N2O. The van der Waals surface area contributed by atoms with E-state index in [1.54, 1.807) is 6.20 Å². The van der Waals surface area contributed by atoms with E-state index in [-0.39, 0.29) is 11.3 Å². The van der Waals surface area contributed by atoms with Crippen LogP contribution in [0, 0.1) is 12.3 Å². The van der Waals surface area contributed by atoms with Gasteiger partial charge >= 0.3 is 0 Å². The molecule has 3 aromatic rings. The molecule has 0 atom stereocenters. The maximum atomic E-state index is 13.4. The molecule has 0 unspecified atom stereocenters. The van der Waals surface area contributed by atoms with Crippen molar-refractivity contribution in [3.05, 3.63) is 71.9 Å². The highest BCUT2D eigenvalue weighted by atomic mass is 16.2. The number of pyridine rings is 1. The topological polar surface area (TPSA) is 42.0 Å². The van der Waals surface area contributed by atoms with E-state index >= 15 is 0 Å². The predicted molar refractivity (Wildman–Crippen MR) is 111 cm³/mol. The van der Waals surface area contributed by atoms with Gasteiger partial charge in [0.1, 0.15) is 0 Å². The van der Waals surface area contributed by atoms with Crippen LogP contribution in [0.2, 0.25) is 0 Å². The molecule has 0 aliphatic heterocycles. The third kappa shape index (κ3) is 3.87. The van der Waals surface area contributed by atoms with E-state index in [0.717, 1.165) is 48.7 Å². The normalized spacial score (nSPS) is 16.2. The van der Waals surface area contributed by atoms with Crippen LogP contribution < -0.4 is 5.32 Å². The fourth-order valence-electron chi connectivity index (χ4n) is 4.21. The lowest BCUT2D eigenvalue weighted by Gasteiger charge is -2.36. The molecule has 0 bridgehead atoms. The second kappa shape index (κ2) is 7.51. The molecule has 1 aliphatic carbocycles. The Labute approximate surface area is 160 Å². The zero-order valence-corrected chi connectivity index (χ0v) is 15.9. The lowest BCUT2D eigenvalue weighted by Crippen LogP contribution is -2.40. The Bertz CT molecular complexity index is 940. The number of rotatable bonds is 4. The first-order chi connectivity index (χ1) is 13.1. The first-order valence-corrected chi connectivity index (χ1v) is 9.86. The summed E-state index contributed by atoms with van der Waals surface area (Å²) in [6.07, 6.45) is 7.94. The van der Waals surface area contributed by atoms with Gasteiger partial charge in [0.15, 0.2) is 0 Å². The Kier molecular flexibility index (Phi) is 4.93. The minimum atomic E-state index is -0.320. The number of para-hydroxylation sites is 1. The number of anilines is 1. The highest BCUT2D eigenvalue weighted by Gasteiger charge is 2.39. The van der Waals surface area contributed by atoms with Crippen molar-refractivity contribution in [3.8, 4) is 0 Å². The smallest absolute Gasteiger partial charge is 0.230 e. The minimum absolute atomic E-state index is 0.139. The molecular weight excluding hydrogens is 332 g/mol. The van der Waals surface area contributed by atoms with Crippen LogP contribution in [0.3, 0.4) is 0 Å². The van der Waals surface area contributed by atoms with Gasteiger partial charge in [0, 0.05) is 5.39 Å². The summed E-state index contributed by atoms with van der Waals surface area (Å²) in [5, 5.41) is 4.22. The summed E-state index contributed by atoms with van der Waals surface area (Å²) in [5.41, 5.74) is 3.91. The Hall–Kier alpha value is -2.68. The lowest BCUT2D eigenvalue weighted by atomic mass is 9.69. The van der Waals surface area contributed by atoms with Gasteiger partial charge in [-0.1, -0.05) is 67.3 Å². The van der Waals surface area contributed by atoms with Crippen LogP contribution in [0.25, 0.3) is 10.9 Å². The Balaban J connectivity index is 1.58. The van der Waals surface area contributed by atoms with Crippen molar-refractivity contribution >= 4 is 22.5 Å². The van der Waals surface area contributed by atoms with E-state index in [1.807, 2.05) is 30.3 Å². The molecule has 0 spiro atoms. The van der Waals surface area contributed by atoms with Gasteiger partial charge in [0.05, 0.1) is 22.8 Å². The summed E-state index contributed by atoms with van der Waals surface area (Å²) >= 11 is 0. The summed E-state index contributed by atoms with van der Waals surface area (Å²) < 4.78 is 0. The maximum absolute atomic E-state index is 13.4. The molecule has 1 fully saturated rings. The molecule has 1 aliphatic rings. The second-order valence-corrected chi connectivity index (χ2v) is 7.87. The zero-order chi connectivity index (χ0) is 18.7. The van der Waals surface area contributed by atoms with Crippen LogP contribution in [-0.4, -0.2) is 10.9 Å². The molecule has 27 heavy (non-hydrogen) atoms. The SMILES string of the molecule is Cc1ccc(CC2(C(=O)Nc3cnc4ccccc4c3)CCCCC2)cc1. The molecule has 1 saturated carbocycles. The van der Waals surface area contributed by atoms with E-state index in [1.165, 1.54) is 17.5 Å². The monoisotopic (exact) mass is 358 g/mol. The van der Waals surface area contributed by atoms with Crippen molar-refractivity contribution in [3.63, 3.8) is 0 Å². The van der Waals surface area contributed by atoms with Gasteiger partial charge in [-0.05, 0) is 43.9 Å². The van der Waals surface area contributed by atoms with Crippen LogP contribution in [-0.2, 0) is 11.2 Å².